The van der Waals surface area contributed by atoms with Crippen molar-refractivity contribution in [3.05, 3.63) is 38.9 Å². The molecule has 21 heavy (non-hydrogen) atoms. The van der Waals surface area contributed by atoms with Crippen LogP contribution >= 0.6 is 11.3 Å². The van der Waals surface area contributed by atoms with E-state index in [1.165, 1.54) is 10.4 Å². The molecule has 4 rings (SSSR count). The summed E-state index contributed by atoms with van der Waals surface area (Å²) in [5.74, 6) is 1.03. The van der Waals surface area contributed by atoms with Crippen LogP contribution in [0.5, 0.6) is 0 Å². The summed E-state index contributed by atoms with van der Waals surface area (Å²) in [6.07, 6.45) is 5.45. The molecule has 1 aliphatic rings. The van der Waals surface area contributed by atoms with Crippen molar-refractivity contribution in [2.24, 2.45) is 0 Å². The average Bonchev–Trinajstić information content (AvgIpc) is 3.16. The molecule has 0 aromatic carbocycles. The van der Waals surface area contributed by atoms with Crippen molar-refractivity contribution < 1.29 is 4.42 Å². The van der Waals surface area contributed by atoms with Gasteiger partial charge in [0, 0.05) is 11.3 Å². The van der Waals surface area contributed by atoms with E-state index in [0.717, 1.165) is 29.5 Å². The summed E-state index contributed by atoms with van der Waals surface area (Å²) in [6, 6.07) is 0. The second-order valence-electron chi connectivity index (χ2n) is 5.16. The molecule has 0 N–H and O–H groups in total. The van der Waals surface area contributed by atoms with Gasteiger partial charge in [-0.3, -0.25) is 9.36 Å². The SMILES string of the molecule is CCc1nnc(Cn2cnc3sc4c(c3c2=O)CCC4)o1. The van der Waals surface area contributed by atoms with E-state index in [4.69, 9.17) is 4.42 Å². The maximum atomic E-state index is 12.7. The lowest BCUT2D eigenvalue weighted by molar-refractivity contribution is 0.439. The molecule has 1 aliphatic carbocycles. The van der Waals surface area contributed by atoms with Gasteiger partial charge in [-0.15, -0.1) is 21.5 Å². The maximum Gasteiger partial charge on any atom is 0.262 e. The molecule has 7 heteroatoms. The Hall–Kier alpha value is -2.02. The van der Waals surface area contributed by atoms with Crippen LogP contribution in [0.2, 0.25) is 0 Å². The van der Waals surface area contributed by atoms with Gasteiger partial charge in [0.15, 0.2) is 0 Å². The zero-order valence-corrected chi connectivity index (χ0v) is 12.4. The van der Waals surface area contributed by atoms with Crippen molar-refractivity contribution in [1.82, 2.24) is 19.7 Å². The van der Waals surface area contributed by atoms with Crippen LogP contribution < -0.4 is 5.56 Å². The monoisotopic (exact) mass is 302 g/mol. The summed E-state index contributed by atoms with van der Waals surface area (Å²) in [5.41, 5.74) is 1.19. The summed E-state index contributed by atoms with van der Waals surface area (Å²) >= 11 is 1.65. The third kappa shape index (κ3) is 1.99. The van der Waals surface area contributed by atoms with Crippen LogP contribution in [0.25, 0.3) is 10.2 Å². The summed E-state index contributed by atoms with van der Waals surface area (Å²) < 4.78 is 7.03. The quantitative estimate of drug-likeness (QED) is 0.739. The zero-order chi connectivity index (χ0) is 14.4. The molecule has 3 aromatic heterocycles. The highest BCUT2D eigenvalue weighted by molar-refractivity contribution is 7.18. The van der Waals surface area contributed by atoms with Crippen LogP contribution in [-0.4, -0.2) is 19.7 Å². The van der Waals surface area contributed by atoms with Gasteiger partial charge in [0.1, 0.15) is 11.4 Å². The van der Waals surface area contributed by atoms with Crippen LogP contribution in [0.1, 0.15) is 35.6 Å². The van der Waals surface area contributed by atoms with Gasteiger partial charge >= 0.3 is 0 Å². The molecule has 0 fully saturated rings. The lowest BCUT2D eigenvalue weighted by Gasteiger charge is -2.02. The van der Waals surface area contributed by atoms with E-state index in [-0.39, 0.29) is 12.1 Å². The standard InChI is InChI=1S/C14H14N4O2S/c1-2-10-16-17-11(20-10)6-18-7-15-13-12(14(18)19)8-4-3-5-9(8)21-13/h7H,2-6H2,1H3. The molecular weight excluding hydrogens is 288 g/mol. The number of hydrogen-bond acceptors (Lipinski definition) is 6. The molecule has 0 bridgehead atoms. The first-order valence-corrected chi connectivity index (χ1v) is 7.89. The molecule has 0 aliphatic heterocycles. The average molecular weight is 302 g/mol. The Labute approximate surface area is 124 Å². The van der Waals surface area contributed by atoms with Gasteiger partial charge in [0.25, 0.3) is 5.56 Å². The van der Waals surface area contributed by atoms with Crippen molar-refractivity contribution in [2.45, 2.75) is 39.2 Å². The second kappa shape index (κ2) is 4.77. The van der Waals surface area contributed by atoms with E-state index in [0.29, 0.717) is 18.2 Å². The Morgan fingerprint density at radius 2 is 2.19 bits per heavy atom. The van der Waals surface area contributed by atoms with E-state index in [2.05, 4.69) is 15.2 Å². The van der Waals surface area contributed by atoms with Crippen LogP contribution in [0.15, 0.2) is 15.5 Å². The molecule has 0 amide bonds. The molecule has 0 radical (unpaired) electrons. The van der Waals surface area contributed by atoms with E-state index < -0.39 is 0 Å². The number of fused-ring (bicyclic) bond motifs is 3. The smallest absolute Gasteiger partial charge is 0.262 e. The predicted molar refractivity (Wildman–Crippen MR) is 78.7 cm³/mol. The first-order chi connectivity index (χ1) is 10.3. The first-order valence-electron chi connectivity index (χ1n) is 7.07. The highest BCUT2D eigenvalue weighted by Gasteiger charge is 2.21. The van der Waals surface area contributed by atoms with E-state index in [1.54, 1.807) is 22.2 Å². The number of aromatic nitrogens is 4. The number of thiophene rings is 1. The van der Waals surface area contributed by atoms with Gasteiger partial charge in [0.2, 0.25) is 11.8 Å². The molecule has 3 aromatic rings. The molecule has 0 spiro atoms. The molecule has 3 heterocycles. The lowest BCUT2D eigenvalue weighted by atomic mass is 10.2. The summed E-state index contributed by atoms with van der Waals surface area (Å²) in [5, 5.41) is 8.66. The van der Waals surface area contributed by atoms with Gasteiger partial charge in [-0.2, -0.15) is 0 Å². The van der Waals surface area contributed by atoms with E-state index in [1.807, 2.05) is 6.92 Å². The normalized spacial score (nSPS) is 14.0. The Balaban J connectivity index is 1.79. The topological polar surface area (TPSA) is 73.8 Å². The van der Waals surface area contributed by atoms with Crippen molar-refractivity contribution in [3.8, 4) is 0 Å². The Morgan fingerprint density at radius 3 is 3.00 bits per heavy atom. The Morgan fingerprint density at radius 1 is 1.33 bits per heavy atom. The summed E-state index contributed by atoms with van der Waals surface area (Å²) in [7, 11) is 0. The molecule has 0 atom stereocenters. The fraction of sp³-hybridized carbons (Fsp3) is 0.429. The van der Waals surface area contributed by atoms with Crippen LogP contribution in [0.3, 0.4) is 0 Å². The largest absolute Gasteiger partial charge is 0.423 e. The van der Waals surface area contributed by atoms with Gasteiger partial charge < -0.3 is 4.42 Å². The van der Waals surface area contributed by atoms with Crippen LogP contribution in [-0.2, 0) is 25.8 Å². The third-order valence-electron chi connectivity index (χ3n) is 3.81. The number of hydrogen-bond donors (Lipinski definition) is 0. The maximum absolute atomic E-state index is 12.7. The van der Waals surface area contributed by atoms with Gasteiger partial charge in [-0.1, -0.05) is 6.92 Å². The number of nitrogens with zero attached hydrogens (tertiary/aromatic N) is 4. The fourth-order valence-corrected chi connectivity index (χ4v) is 3.99. The number of aryl methyl sites for hydroxylation is 3. The molecule has 0 unspecified atom stereocenters. The van der Waals surface area contributed by atoms with Crippen molar-refractivity contribution in [1.29, 1.82) is 0 Å². The predicted octanol–water partition coefficient (Wildman–Crippen LogP) is 1.94. The van der Waals surface area contributed by atoms with Crippen molar-refractivity contribution >= 4 is 21.6 Å². The second-order valence-corrected chi connectivity index (χ2v) is 6.24. The van der Waals surface area contributed by atoms with Crippen LogP contribution in [0, 0.1) is 0 Å². The summed E-state index contributed by atoms with van der Waals surface area (Å²) in [4.78, 5) is 19.3. The number of rotatable bonds is 3. The Bertz CT molecular complexity index is 877. The summed E-state index contributed by atoms with van der Waals surface area (Å²) in [6.45, 7) is 2.23. The minimum absolute atomic E-state index is 0.00403. The fourth-order valence-electron chi connectivity index (χ4n) is 2.77. The highest BCUT2D eigenvalue weighted by Crippen LogP contribution is 2.34. The first kappa shape index (κ1) is 12.7. The minimum Gasteiger partial charge on any atom is -0.423 e. The Kier molecular flexibility index (Phi) is 2.88. The van der Waals surface area contributed by atoms with Crippen molar-refractivity contribution in [3.63, 3.8) is 0 Å². The lowest BCUT2D eigenvalue weighted by Crippen LogP contribution is -2.21. The van der Waals surface area contributed by atoms with Gasteiger partial charge in [0.05, 0.1) is 11.7 Å². The highest BCUT2D eigenvalue weighted by atomic mass is 32.1. The van der Waals surface area contributed by atoms with Gasteiger partial charge in [-0.05, 0) is 24.8 Å². The molecule has 6 nitrogen and oxygen atoms in total. The zero-order valence-electron chi connectivity index (χ0n) is 11.6. The van der Waals surface area contributed by atoms with Crippen LogP contribution in [0.4, 0.5) is 0 Å². The molecule has 108 valence electrons. The molecular formula is C14H14N4O2S. The molecule has 0 saturated carbocycles. The minimum atomic E-state index is -0.00403. The van der Waals surface area contributed by atoms with E-state index >= 15 is 0 Å². The molecule has 0 saturated heterocycles. The third-order valence-corrected chi connectivity index (χ3v) is 5.01. The van der Waals surface area contributed by atoms with Gasteiger partial charge in [-0.25, -0.2) is 4.98 Å². The van der Waals surface area contributed by atoms with E-state index in [9.17, 15) is 4.79 Å². The van der Waals surface area contributed by atoms with Crippen molar-refractivity contribution in [2.75, 3.05) is 0 Å².